The predicted octanol–water partition coefficient (Wildman–Crippen LogP) is 0.642. The molecule has 0 fully saturated rings. The zero-order chi connectivity index (χ0) is 13.9. The van der Waals surface area contributed by atoms with Crippen LogP contribution in [-0.2, 0) is 9.47 Å². The van der Waals surface area contributed by atoms with Crippen molar-refractivity contribution >= 4 is 11.6 Å². The summed E-state index contributed by atoms with van der Waals surface area (Å²) in [5.41, 5.74) is 2.46. The van der Waals surface area contributed by atoms with E-state index in [1.807, 2.05) is 19.9 Å². The first-order valence-corrected chi connectivity index (χ1v) is 6.52. The molecule has 0 saturated carbocycles. The van der Waals surface area contributed by atoms with Crippen molar-refractivity contribution in [2.45, 2.75) is 13.8 Å². The molecule has 1 rings (SSSR count). The van der Waals surface area contributed by atoms with Crippen molar-refractivity contribution in [2.75, 3.05) is 49.8 Å². The van der Waals surface area contributed by atoms with Crippen molar-refractivity contribution < 1.29 is 9.47 Å². The van der Waals surface area contributed by atoms with Gasteiger partial charge in [0.05, 0.1) is 13.2 Å². The van der Waals surface area contributed by atoms with Gasteiger partial charge in [-0.05, 0) is 26.0 Å². The van der Waals surface area contributed by atoms with E-state index in [0.29, 0.717) is 32.2 Å². The molecule has 0 amide bonds. The normalized spacial score (nSPS) is 10.5. The Kier molecular flexibility index (Phi) is 7.80. The number of rotatable bonds is 10. The maximum absolute atomic E-state index is 5.37. The molecule has 0 aliphatic heterocycles. The largest absolute Gasteiger partial charge is 0.380 e. The fourth-order valence-electron chi connectivity index (χ4n) is 1.55. The highest BCUT2D eigenvalue weighted by atomic mass is 16.5. The maximum atomic E-state index is 5.37. The van der Waals surface area contributed by atoms with Gasteiger partial charge in [-0.3, -0.25) is 0 Å². The molecule has 1 heterocycles. The highest BCUT2D eigenvalue weighted by molar-refractivity contribution is 5.42. The zero-order valence-electron chi connectivity index (χ0n) is 11.6. The molecule has 7 heteroatoms. The molecular formula is C12H23N5O2. The van der Waals surface area contributed by atoms with Gasteiger partial charge < -0.3 is 19.8 Å². The summed E-state index contributed by atoms with van der Waals surface area (Å²) in [7, 11) is 0. The Morgan fingerprint density at radius 1 is 1.11 bits per heavy atom. The number of hydrogen-bond donors (Lipinski definition) is 2. The van der Waals surface area contributed by atoms with E-state index in [0.717, 1.165) is 18.9 Å². The lowest BCUT2D eigenvalue weighted by molar-refractivity contribution is 0.141. The van der Waals surface area contributed by atoms with E-state index < -0.39 is 0 Å². The SMILES string of the molecule is CCOCCN(CCOCC)c1ccc(NN)nn1. The molecule has 7 nitrogen and oxygen atoms in total. The molecule has 0 radical (unpaired) electrons. The first-order valence-electron chi connectivity index (χ1n) is 6.52. The van der Waals surface area contributed by atoms with E-state index in [1.54, 1.807) is 6.07 Å². The number of nitrogens with two attached hydrogens (primary N) is 1. The summed E-state index contributed by atoms with van der Waals surface area (Å²) >= 11 is 0. The lowest BCUT2D eigenvalue weighted by atomic mass is 10.4. The number of hydrazine groups is 1. The van der Waals surface area contributed by atoms with Crippen LogP contribution in [0.5, 0.6) is 0 Å². The molecule has 19 heavy (non-hydrogen) atoms. The summed E-state index contributed by atoms with van der Waals surface area (Å²) in [6.45, 7) is 8.19. The van der Waals surface area contributed by atoms with Gasteiger partial charge in [0.15, 0.2) is 11.6 Å². The van der Waals surface area contributed by atoms with Gasteiger partial charge in [-0.2, -0.15) is 0 Å². The third-order valence-corrected chi connectivity index (χ3v) is 2.54. The fourth-order valence-corrected chi connectivity index (χ4v) is 1.55. The van der Waals surface area contributed by atoms with Gasteiger partial charge in [0.2, 0.25) is 0 Å². The standard InChI is InChI=1S/C12H23N5O2/c1-3-18-9-7-17(8-10-19-4-2)12-6-5-11(14-13)15-16-12/h5-6H,3-4,7-10,13H2,1-2H3,(H,14,15). The van der Waals surface area contributed by atoms with E-state index in [1.165, 1.54) is 0 Å². The Bertz CT molecular complexity index is 323. The molecule has 108 valence electrons. The van der Waals surface area contributed by atoms with Crippen LogP contribution in [0.25, 0.3) is 0 Å². The molecule has 0 aliphatic rings. The second-order valence-electron chi connectivity index (χ2n) is 3.80. The molecular weight excluding hydrogens is 246 g/mol. The van der Waals surface area contributed by atoms with E-state index in [2.05, 4.69) is 20.5 Å². The number of hydrogen-bond acceptors (Lipinski definition) is 7. The van der Waals surface area contributed by atoms with Crippen molar-refractivity contribution in [3.05, 3.63) is 12.1 Å². The number of anilines is 2. The number of nitrogens with one attached hydrogen (secondary N) is 1. The van der Waals surface area contributed by atoms with Crippen LogP contribution in [-0.4, -0.2) is 49.7 Å². The summed E-state index contributed by atoms with van der Waals surface area (Å²) in [5.74, 6) is 6.60. The molecule has 0 atom stereocenters. The van der Waals surface area contributed by atoms with Gasteiger partial charge >= 0.3 is 0 Å². The van der Waals surface area contributed by atoms with Crippen LogP contribution in [0.2, 0.25) is 0 Å². The second-order valence-corrected chi connectivity index (χ2v) is 3.80. The Balaban J connectivity index is 2.58. The lowest BCUT2D eigenvalue weighted by Gasteiger charge is -2.23. The van der Waals surface area contributed by atoms with Crippen molar-refractivity contribution in [2.24, 2.45) is 5.84 Å². The van der Waals surface area contributed by atoms with Crippen molar-refractivity contribution in [3.63, 3.8) is 0 Å². The average molecular weight is 269 g/mol. The molecule has 0 unspecified atom stereocenters. The zero-order valence-corrected chi connectivity index (χ0v) is 11.6. The highest BCUT2D eigenvalue weighted by Gasteiger charge is 2.08. The third kappa shape index (κ3) is 5.82. The number of nitrogen functional groups attached to an aromatic ring is 1. The van der Waals surface area contributed by atoms with Gasteiger partial charge in [-0.15, -0.1) is 10.2 Å². The number of nitrogens with zero attached hydrogens (tertiary/aromatic N) is 3. The number of ether oxygens (including phenoxy) is 2. The third-order valence-electron chi connectivity index (χ3n) is 2.54. The minimum absolute atomic E-state index is 0.540. The van der Waals surface area contributed by atoms with Gasteiger partial charge in [0.1, 0.15) is 0 Å². The molecule has 1 aromatic heterocycles. The van der Waals surface area contributed by atoms with Crippen LogP contribution < -0.4 is 16.2 Å². The molecule has 1 aromatic rings. The Morgan fingerprint density at radius 3 is 2.16 bits per heavy atom. The summed E-state index contributed by atoms with van der Waals surface area (Å²) in [6, 6.07) is 3.66. The monoisotopic (exact) mass is 269 g/mol. The van der Waals surface area contributed by atoms with Crippen molar-refractivity contribution in [1.82, 2.24) is 10.2 Å². The van der Waals surface area contributed by atoms with Gasteiger partial charge in [-0.1, -0.05) is 0 Å². The Morgan fingerprint density at radius 2 is 1.74 bits per heavy atom. The lowest BCUT2D eigenvalue weighted by Crippen LogP contribution is -2.32. The first kappa shape index (κ1) is 15.6. The number of aromatic nitrogens is 2. The second kappa shape index (κ2) is 9.48. The highest BCUT2D eigenvalue weighted by Crippen LogP contribution is 2.10. The van der Waals surface area contributed by atoms with Crippen molar-refractivity contribution in [3.8, 4) is 0 Å². The van der Waals surface area contributed by atoms with Crippen LogP contribution in [0, 0.1) is 0 Å². The quantitative estimate of drug-likeness (QED) is 0.366. The molecule has 0 aliphatic carbocycles. The molecule has 0 saturated heterocycles. The van der Waals surface area contributed by atoms with Crippen LogP contribution in [0.4, 0.5) is 11.6 Å². The Hall–Kier alpha value is -1.44. The summed E-state index contributed by atoms with van der Waals surface area (Å²) in [6.07, 6.45) is 0. The molecule has 0 aromatic carbocycles. The smallest absolute Gasteiger partial charge is 0.162 e. The average Bonchev–Trinajstić information content (AvgIpc) is 2.46. The topological polar surface area (TPSA) is 85.5 Å². The van der Waals surface area contributed by atoms with E-state index in [4.69, 9.17) is 15.3 Å². The van der Waals surface area contributed by atoms with Gasteiger partial charge in [0.25, 0.3) is 0 Å². The maximum Gasteiger partial charge on any atom is 0.162 e. The summed E-state index contributed by atoms with van der Waals surface area (Å²) in [5, 5.41) is 8.09. The minimum Gasteiger partial charge on any atom is -0.380 e. The molecule has 0 spiro atoms. The van der Waals surface area contributed by atoms with Crippen LogP contribution in [0.15, 0.2) is 12.1 Å². The predicted molar refractivity (Wildman–Crippen MR) is 75.0 cm³/mol. The molecule has 3 N–H and O–H groups in total. The van der Waals surface area contributed by atoms with Gasteiger partial charge in [-0.25, -0.2) is 5.84 Å². The van der Waals surface area contributed by atoms with E-state index in [9.17, 15) is 0 Å². The van der Waals surface area contributed by atoms with Crippen LogP contribution in [0.1, 0.15) is 13.8 Å². The molecule has 0 bridgehead atoms. The van der Waals surface area contributed by atoms with E-state index >= 15 is 0 Å². The van der Waals surface area contributed by atoms with Gasteiger partial charge in [0, 0.05) is 26.3 Å². The summed E-state index contributed by atoms with van der Waals surface area (Å²) < 4.78 is 10.7. The van der Waals surface area contributed by atoms with Crippen LogP contribution >= 0.6 is 0 Å². The minimum atomic E-state index is 0.540. The van der Waals surface area contributed by atoms with E-state index in [-0.39, 0.29) is 0 Å². The van der Waals surface area contributed by atoms with Crippen molar-refractivity contribution in [1.29, 1.82) is 0 Å². The fraction of sp³-hybridized carbons (Fsp3) is 0.667. The van der Waals surface area contributed by atoms with Crippen LogP contribution in [0.3, 0.4) is 0 Å². The first-order chi connectivity index (χ1) is 9.31. The Labute approximate surface area is 114 Å². The summed E-state index contributed by atoms with van der Waals surface area (Å²) in [4.78, 5) is 2.08.